The zero-order valence-electron chi connectivity index (χ0n) is 12.9. The van der Waals surface area contributed by atoms with Crippen LogP contribution in [0.2, 0.25) is 0 Å². The molecule has 1 aromatic carbocycles. The van der Waals surface area contributed by atoms with E-state index in [-0.39, 0.29) is 10.8 Å². The van der Waals surface area contributed by atoms with E-state index in [1.54, 1.807) is 50.4 Å². The third-order valence-corrected chi connectivity index (χ3v) is 5.50. The molecule has 0 bridgehead atoms. The summed E-state index contributed by atoms with van der Waals surface area (Å²) in [6.45, 7) is 3.59. The number of hydrogen-bond donors (Lipinski definition) is 1. The summed E-state index contributed by atoms with van der Waals surface area (Å²) >= 11 is 0. The number of sulfone groups is 1. The molecule has 0 amide bonds. The Balaban J connectivity index is 2.09. The van der Waals surface area contributed by atoms with Crippen molar-refractivity contribution in [1.29, 1.82) is 0 Å². The van der Waals surface area contributed by atoms with E-state index >= 15 is 0 Å². The van der Waals surface area contributed by atoms with Gasteiger partial charge in [-0.1, -0.05) is 12.1 Å². The second-order valence-corrected chi connectivity index (χ2v) is 7.81. The van der Waals surface area contributed by atoms with Crippen LogP contribution in [0.3, 0.4) is 0 Å². The first-order valence-electron chi connectivity index (χ1n) is 7.25. The van der Waals surface area contributed by atoms with E-state index in [9.17, 15) is 8.42 Å². The molecule has 0 unspecified atom stereocenters. The molecule has 120 valence electrons. The number of hydrogen-bond acceptors (Lipinski definition) is 6. The summed E-state index contributed by atoms with van der Waals surface area (Å²) < 4.78 is 30.4. The molecule has 7 heteroatoms. The van der Waals surface area contributed by atoms with E-state index in [2.05, 4.69) is 15.3 Å². The summed E-state index contributed by atoms with van der Waals surface area (Å²) in [5.41, 5.74) is 1.19. The molecule has 0 spiro atoms. The summed E-state index contributed by atoms with van der Waals surface area (Å²) in [7, 11) is -3.56. The molecular formula is C16H17N3O3S. The number of para-hydroxylation sites is 2. The van der Waals surface area contributed by atoms with E-state index in [0.29, 0.717) is 23.3 Å². The lowest BCUT2D eigenvalue weighted by Gasteiger charge is -2.13. The van der Waals surface area contributed by atoms with Gasteiger partial charge in [0.2, 0.25) is 9.84 Å². The Labute approximate surface area is 134 Å². The van der Waals surface area contributed by atoms with Crippen LogP contribution in [0.5, 0.6) is 0 Å². The molecule has 0 aliphatic rings. The standard InChI is InChI=1S/C16H17N3O3S/c1-11(2)23(20,21)16-15(17-10-12-6-5-9-22-12)18-13-7-3-4-8-14(13)19-16/h3-9,11H,10H2,1-2H3,(H,17,18). The van der Waals surface area contributed by atoms with Crippen LogP contribution in [0, 0.1) is 0 Å². The number of aromatic nitrogens is 2. The second-order valence-electron chi connectivity index (χ2n) is 5.39. The maximum Gasteiger partial charge on any atom is 0.201 e. The number of nitrogens with zero attached hydrogens (tertiary/aromatic N) is 2. The van der Waals surface area contributed by atoms with Crippen molar-refractivity contribution < 1.29 is 12.8 Å². The quantitative estimate of drug-likeness (QED) is 0.773. The van der Waals surface area contributed by atoms with E-state index < -0.39 is 15.1 Å². The Kier molecular flexibility index (Phi) is 4.04. The Morgan fingerprint density at radius 2 is 1.78 bits per heavy atom. The Morgan fingerprint density at radius 1 is 1.09 bits per heavy atom. The molecule has 0 saturated heterocycles. The summed E-state index contributed by atoms with van der Waals surface area (Å²) in [5.74, 6) is 0.932. The number of furan rings is 1. The molecule has 3 aromatic rings. The van der Waals surface area contributed by atoms with Gasteiger partial charge in [0.1, 0.15) is 5.76 Å². The van der Waals surface area contributed by atoms with Crippen LogP contribution in [0.4, 0.5) is 5.82 Å². The van der Waals surface area contributed by atoms with Gasteiger partial charge >= 0.3 is 0 Å². The molecule has 0 fully saturated rings. The smallest absolute Gasteiger partial charge is 0.201 e. The van der Waals surface area contributed by atoms with Crippen LogP contribution < -0.4 is 5.32 Å². The molecule has 0 aliphatic carbocycles. The van der Waals surface area contributed by atoms with Crippen molar-refractivity contribution in [2.75, 3.05) is 5.32 Å². The summed E-state index contributed by atoms with van der Waals surface area (Å²) in [6.07, 6.45) is 1.56. The number of fused-ring (bicyclic) bond motifs is 1. The predicted molar refractivity (Wildman–Crippen MR) is 87.9 cm³/mol. The van der Waals surface area contributed by atoms with Crippen molar-refractivity contribution >= 4 is 26.7 Å². The number of anilines is 1. The first-order chi connectivity index (χ1) is 11.0. The normalized spacial score (nSPS) is 12.0. The van der Waals surface area contributed by atoms with Gasteiger partial charge in [0.15, 0.2) is 10.8 Å². The van der Waals surface area contributed by atoms with E-state index in [4.69, 9.17) is 4.42 Å². The Hall–Kier alpha value is -2.41. The molecule has 23 heavy (non-hydrogen) atoms. The van der Waals surface area contributed by atoms with Crippen molar-refractivity contribution in [3.8, 4) is 0 Å². The zero-order chi connectivity index (χ0) is 16.4. The van der Waals surface area contributed by atoms with Gasteiger partial charge in [0.05, 0.1) is 29.1 Å². The van der Waals surface area contributed by atoms with Gasteiger partial charge in [-0.25, -0.2) is 18.4 Å². The average molecular weight is 331 g/mol. The largest absolute Gasteiger partial charge is 0.467 e. The maximum absolute atomic E-state index is 12.6. The van der Waals surface area contributed by atoms with Crippen LogP contribution in [0.25, 0.3) is 11.0 Å². The minimum Gasteiger partial charge on any atom is -0.467 e. The predicted octanol–water partition coefficient (Wildman–Crippen LogP) is 3.02. The second kappa shape index (κ2) is 6.00. The van der Waals surface area contributed by atoms with Crippen LogP contribution in [0.15, 0.2) is 52.1 Å². The molecule has 1 N–H and O–H groups in total. The monoisotopic (exact) mass is 331 g/mol. The van der Waals surface area contributed by atoms with Gasteiger partial charge in [0.25, 0.3) is 0 Å². The minimum absolute atomic E-state index is 0.0299. The van der Waals surface area contributed by atoms with Gasteiger partial charge < -0.3 is 9.73 Å². The topological polar surface area (TPSA) is 85.1 Å². The highest BCUT2D eigenvalue weighted by Gasteiger charge is 2.26. The lowest BCUT2D eigenvalue weighted by molar-refractivity contribution is 0.517. The third-order valence-electron chi connectivity index (χ3n) is 3.44. The highest BCUT2D eigenvalue weighted by molar-refractivity contribution is 7.92. The Morgan fingerprint density at radius 3 is 2.39 bits per heavy atom. The number of nitrogens with one attached hydrogen (secondary N) is 1. The summed E-state index contributed by atoms with van der Waals surface area (Å²) in [5, 5.41) is 2.41. The molecule has 0 aliphatic heterocycles. The van der Waals surface area contributed by atoms with Crippen LogP contribution in [-0.4, -0.2) is 23.6 Å². The Bertz CT molecular complexity index is 919. The molecule has 0 atom stereocenters. The molecule has 0 radical (unpaired) electrons. The number of benzene rings is 1. The van der Waals surface area contributed by atoms with Gasteiger partial charge in [-0.3, -0.25) is 0 Å². The van der Waals surface area contributed by atoms with E-state index in [1.807, 2.05) is 6.07 Å². The lowest BCUT2D eigenvalue weighted by atomic mass is 10.3. The summed E-state index contributed by atoms with van der Waals surface area (Å²) in [4.78, 5) is 8.75. The van der Waals surface area contributed by atoms with Crippen molar-refractivity contribution in [3.63, 3.8) is 0 Å². The molecule has 2 heterocycles. The van der Waals surface area contributed by atoms with E-state index in [0.717, 1.165) is 0 Å². The average Bonchev–Trinajstić information content (AvgIpc) is 3.05. The van der Waals surface area contributed by atoms with Crippen LogP contribution >= 0.6 is 0 Å². The van der Waals surface area contributed by atoms with Gasteiger partial charge in [-0.15, -0.1) is 0 Å². The minimum atomic E-state index is -3.56. The zero-order valence-corrected chi connectivity index (χ0v) is 13.7. The van der Waals surface area contributed by atoms with Crippen molar-refractivity contribution in [2.24, 2.45) is 0 Å². The molecule has 2 aromatic heterocycles. The molecule has 3 rings (SSSR count). The SMILES string of the molecule is CC(C)S(=O)(=O)c1nc2ccccc2nc1NCc1ccco1. The van der Waals surface area contributed by atoms with Crippen LogP contribution in [-0.2, 0) is 16.4 Å². The van der Waals surface area contributed by atoms with Crippen molar-refractivity contribution in [3.05, 3.63) is 48.4 Å². The van der Waals surface area contributed by atoms with Crippen molar-refractivity contribution in [2.45, 2.75) is 30.7 Å². The molecular weight excluding hydrogens is 314 g/mol. The third kappa shape index (κ3) is 3.05. The molecule has 6 nitrogen and oxygen atoms in total. The van der Waals surface area contributed by atoms with E-state index in [1.165, 1.54) is 0 Å². The lowest BCUT2D eigenvalue weighted by Crippen LogP contribution is -2.19. The first-order valence-corrected chi connectivity index (χ1v) is 8.80. The van der Waals surface area contributed by atoms with Gasteiger partial charge in [-0.2, -0.15) is 0 Å². The fourth-order valence-corrected chi connectivity index (χ4v) is 3.16. The fourth-order valence-electron chi connectivity index (χ4n) is 2.10. The van der Waals surface area contributed by atoms with Gasteiger partial charge in [0, 0.05) is 0 Å². The number of rotatable bonds is 5. The fraction of sp³-hybridized carbons (Fsp3) is 0.250. The first kappa shape index (κ1) is 15.5. The highest BCUT2D eigenvalue weighted by Crippen LogP contribution is 2.25. The summed E-state index contributed by atoms with van der Waals surface area (Å²) in [6, 6.07) is 10.8. The highest BCUT2D eigenvalue weighted by atomic mass is 32.2. The maximum atomic E-state index is 12.6. The van der Waals surface area contributed by atoms with Crippen LogP contribution in [0.1, 0.15) is 19.6 Å². The molecule has 0 saturated carbocycles. The van der Waals surface area contributed by atoms with Gasteiger partial charge in [-0.05, 0) is 38.1 Å². The van der Waals surface area contributed by atoms with Crippen molar-refractivity contribution in [1.82, 2.24) is 9.97 Å².